The third-order valence-corrected chi connectivity index (χ3v) is 4.09. The summed E-state index contributed by atoms with van der Waals surface area (Å²) in [5.41, 5.74) is 2.66. The van der Waals surface area contributed by atoms with Gasteiger partial charge in [0.05, 0.1) is 6.42 Å². The van der Waals surface area contributed by atoms with Gasteiger partial charge < -0.3 is 10.6 Å². The molecule has 1 aliphatic rings. The second kappa shape index (κ2) is 6.58. The number of rotatable bonds is 5. The molecular formula is C16H22F3N3. The molecule has 0 heterocycles. The quantitative estimate of drug-likeness (QED) is 0.647. The van der Waals surface area contributed by atoms with Gasteiger partial charge in [-0.25, -0.2) is 0 Å². The van der Waals surface area contributed by atoms with Crippen LogP contribution in [0.1, 0.15) is 30.4 Å². The molecule has 2 N–H and O–H groups in total. The van der Waals surface area contributed by atoms with Crippen molar-refractivity contribution in [2.75, 3.05) is 20.1 Å². The van der Waals surface area contributed by atoms with Crippen LogP contribution in [0.15, 0.2) is 29.3 Å². The number of aliphatic imine (C=N–C) groups is 1. The molecule has 0 aromatic heterocycles. The average molecular weight is 313 g/mol. The number of halogens is 3. The van der Waals surface area contributed by atoms with Crippen molar-refractivity contribution in [3.05, 3.63) is 35.4 Å². The van der Waals surface area contributed by atoms with Crippen LogP contribution in [-0.4, -0.2) is 32.3 Å². The molecule has 0 saturated heterocycles. The summed E-state index contributed by atoms with van der Waals surface area (Å²) in [5, 5.41) is 5.87. The van der Waals surface area contributed by atoms with E-state index in [0.29, 0.717) is 12.5 Å². The molecule has 0 bridgehead atoms. The van der Waals surface area contributed by atoms with Gasteiger partial charge in [0.1, 0.15) is 0 Å². The molecule has 3 nitrogen and oxygen atoms in total. The number of aryl methyl sites for hydroxylation is 1. The standard InChI is InChI=1S/C16H22F3N3/c1-12-5-3-4-6-13(12)15(7-8-15)11-22-14(20-2)21-10-9-16(17,18)19/h3-6H,7-11H2,1-2H3,(H2,20,21,22). The molecule has 0 radical (unpaired) electrons. The number of alkyl halides is 3. The molecule has 1 saturated carbocycles. The number of hydrogen-bond donors (Lipinski definition) is 2. The molecule has 1 aromatic rings. The monoisotopic (exact) mass is 313 g/mol. The van der Waals surface area contributed by atoms with Crippen molar-refractivity contribution in [2.45, 2.75) is 37.8 Å². The van der Waals surface area contributed by atoms with Gasteiger partial charge in [-0.3, -0.25) is 4.99 Å². The predicted molar refractivity (Wildman–Crippen MR) is 82.1 cm³/mol. The van der Waals surface area contributed by atoms with Gasteiger partial charge in [-0.2, -0.15) is 13.2 Å². The minimum atomic E-state index is -4.15. The Morgan fingerprint density at radius 3 is 2.45 bits per heavy atom. The second-order valence-corrected chi connectivity index (χ2v) is 5.81. The van der Waals surface area contributed by atoms with Crippen molar-refractivity contribution in [3.8, 4) is 0 Å². The highest BCUT2D eigenvalue weighted by Gasteiger charge is 2.44. The fourth-order valence-corrected chi connectivity index (χ4v) is 2.66. The van der Waals surface area contributed by atoms with Crippen molar-refractivity contribution in [1.82, 2.24) is 10.6 Å². The lowest BCUT2D eigenvalue weighted by molar-refractivity contribution is -0.132. The van der Waals surface area contributed by atoms with Crippen molar-refractivity contribution < 1.29 is 13.2 Å². The first-order chi connectivity index (χ1) is 10.4. The molecule has 0 amide bonds. The molecule has 1 fully saturated rings. The largest absolute Gasteiger partial charge is 0.390 e. The van der Waals surface area contributed by atoms with Gasteiger partial charge in [0, 0.05) is 25.6 Å². The smallest absolute Gasteiger partial charge is 0.356 e. The Hall–Kier alpha value is -1.72. The van der Waals surface area contributed by atoms with Crippen LogP contribution in [0.4, 0.5) is 13.2 Å². The Morgan fingerprint density at radius 2 is 1.91 bits per heavy atom. The lowest BCUT2D eigenvalue weighted by atomic mass is 9.92. The molecule has 122 valence electrons. The summed E-state index contributed by atoms with van der Waals surface area (Å²) in [5.74, 6) is 0.420. The van der Waals surface area contributed by atoms with Crippen LogP contribution in [-0.2, 0) is 5.41 Å². The molecule has 6 heteroatoms. The Balaban J connectivity index is 1.87. The Labute approximate surface area is 129 Å². The Kier molecular flexibility index (Phi) is 4.98. The van der Waals surface area contributed by atoms with Gasteiger partial charge in [-0.15, -0.1) is 0 Å². The van der Waals surface area contributed by atoms with Crippen molar-refractivity contribution in [3.63, 3.8) is 0 Å². The molecule has 22 heavy (non-hydrogen) atoms. The highest BCUT2D eigenvalue weighted by Crippen LogP contribution is 2.48. The van der Waals surface area contributed by atoms with Crippen LogP contribution < -0.4 is 10.6 Å². The first kappa shape index (κ1) is 16.6. The maximum atomic E-state index is 12.2. The van der Waals surface area contributed by atoms with E-state index in [1.165, 1.54) is 11.1 Å². The van der Waals surface area contributed by atoms with Crippen LogP contribution in [0.2, 0.25) is 0 Å². The topological polar surface area (TPSA) is 36.4 Å². The highest BCUT2D eigenvalue weighted by molar-refractivity contribution is 5.79. The molecule has 0 atom stereocenters. The summed E-state index contributed by atoms with van der Waals surface area (Å²) < 4.78 is 36.5. The molecule has 0 aliphatic heterocycles. The van der Waals surface area contributed by atoms with Crippen LogP contribution in [0.5, 0.6) is 0 Å². The van der Waals surface area contributed by atoms with Gasteiger partial charge in [0.15, 0.2) is 5.96 Å². The predicted octanol–water partition coefficient (Wildman–Crippen LogP) is 3.14. The first-order valence-corrected chi connectivity index (χ1v) is 7.44. The van der Waals surface area contributed by atoms with E-state index < -0.39 is 12.6 Å². The van der Waals surface area contributed by atoms with Gasteiger partial charge >= 0.3 is 6.18 Å². The Bertz CT molecular complexity index is 534. The maximum Gasteiger partial charge on any atom is 0.390 e. The van der Waals surface area contributed by atoms with Crippen LogP contribution in [0, 0.1) is 6.92 Å². The number of nitrogens with one attached hydrogen (secondary N) is 2. The summed E-state index contributed by atoms with van der Waals surface area (Å²) >= 11 is 0. The third-order valence-electron chi connectivity index (χ3n) is 4.09. The van der Waals surface area contributed by atoms with Crippen molar-refractivity contribution in [2.24, 2.45) is 4.99 Å². The van der Waals surface area contributed by atoms with E-state index in [0.717, 1.165) is 12.8 Å². The van der Waals surface area contributed by atoms with Gasteiger partial charge in [0.25, 0.3) is 0 Å². The van der Waals surface area contributed by atoms with Gasteiger partial charge in [0.2, 0.25) is 0 Å². The van der Waals surface area contributed by atoms with E-state index in [1.807, 2.05) is 12.1 Å². The van der Waals surface area contributed by atoms with Crippen molar-refractivity contribution >= 4 is 5.96 Å². The second-order valence-electron chi connectivity index (χ2n) is 5.81. The third kappa shape index (κ3) is 4.39. The van der Waals surface area contributed by atoms with E-state index in [9.17, 15) is 13.2 Å². The molecule has 2 rings (SSSR count). The minimum absolute atomic E-state index is 0.0903. The molecule has 1 aliphatic carbocycles. The average Bonchev–Trinajstić information content (AvgIpc) is 3.23. The Morgan fingerprint density at radius 1 is 1.23 bits per heavy atom. The van der Waals surface area contributed by atoms with Crippen molar-refractivity contribution in [1.29, 1.82) is 0 Å². The van der Waals surface area contributed by atoms with Gasteiger partial charge in [-0.05, 0) is 30.9 Å². The van der Waals surface area contributed by atoms with Gasteiger partial charge in [-0.1, -0.05) is 24.3 Å². The van der Waals surface area contributed by atoms with E-state index in [1.54, 1.807) is 7.05 Å². The normalized spacial score (nSPS) is 17.2. The lowest BCUT2D eigenvalue weighted by Gasteiger charge is -2.21. The zero-order chi connectivity index (χ0) is 16.2. The number of benzene rings is 1. The fraction of sp³-hybridized carbons (Fsp3) is 0.562. The minimum Gasteiger partial charge on any atom is -0.356 e. The highest BCUT2D eigenvalue weighted by atomic mass is 19.4. The van der Waals surface area contributed by atoms with E-state index in [-0.39, 0.29) is 12.0 Å². The summed E-state index contributed by atoms with van der Waals surface area (Å²) in [7, 11) is 1.57. The SMILES string of the molecule is CN=C(NCCC(F)(F)F)NCC1(c2ccccc2C)CC1. The van der Waals surface area contributed by atoms with E-state index >= 15 is 0 Å². The molecule has 0 unspecified atom stereocenters. The summed E-state index contributed by atoms with van der Waals surface area (Å²) in [4.78, 5) is 3.98. The fourth-order valence-electron chi connectivity index (χ4n) is 2.66. The number of guanidine groups is 1. The maximum absolute atomic E-state index is 12.2. The summed E-state index contributed by atoms with van der Waals surface area (Å²) in [6.07, 6.45) is -2.84. The van der Waals surface area contributed by atoms with E-state index in [2.05, 4.69) is 34.7 Å². The first-order valence-electron chi connectivity index (χ1n) is 7.44. The zero-order valence-corrected chi connectivity index (χ0v) is 12.9. The number of nitrogens with zero attached hydrogens (tertiary/aromatic N) is 1. The molecule has 1 aromatic carbocycles. The summed E-state index contributed by atoms with van der Waals surface area (Å²) in [6, 6.07) is 8.26. The molecule has 0 spiro atoms. The van der Waals surface area contributed by atoms with E-state index in [4.69, 9.17) is 0 Å². The van der Waals surface area contributed by atoms with Crippen LogP contribution >= 0.6 is 0 Å². The van der Waals surface area contributed by atoms with Crippen LogP contribution in [0.3, 0.4) is 0 Å². The summed E-state index contributed by atoms with van der Waals surface area (Å²) in [6.45, 7) is 2.61. The number of hydrogen-bond acceptors (Lipinski definition) is 1. The molecular weight excluding hydrogens is 291 g/mol. The zero-order valence-electron chi connectivity index (χ0n) is 12.9. The lowest BCUT2D eigenvalue weighted by Crippen LogP contribution is -2.42. The van der Waals surface area contributed by atoms with Crippen LogP contribution in [0.25, 0.3) is 0 Å².